The molecule has 0 fully saturated rings. The maximum absolute atomic E-state index is 12.5. The highest BCUT2D eigenvalue weighted by Gasteiger charge is 2.18. The molecule has 0 aromatic rings. The molecule has 0 saturated carbocycles. The van der Waals surface area contributed by atoms with Gasteiger partial charge >= 0.3 is 5.97 Å². The molecular formula is C60H113NO5. The second-order valence-corrected chi connectivity index (χ2v) is 20.0. The number of rotatable bonds is 54. The van der Waals surface area contributed by atoms with Crippen LogP contribution in [-0.2, 0) is 14.3 Å². The number of carbonyl (C=O) groups excluding carboxylic acids is 2. The summed E-state index contributed by atoms with van der Waals surface area (Å²) in [6, 6.07) is -0.644. The molecule has 0 aromatic carbocycles. The fourth-order valence-electron chi connectivity index (χ4n) is 8.90. The fraction of sp³-hybridized carbons (Fsp3) is 0.867. The topological polar surface area (TPSA) is 95.9 Å². The fourth-order valence-corrected chi connectivity index (χ4v) is 8.90. The van der Waals surface area contributed by atoms with E-state index in [-0.39, 0.29) is 18.5 Å². The van der Waals surface area contributed by atoms with Crippen LogP contribution in [0.25, 0.3) is 0 Å². The summed E-state index contributed by atoms with van der Waals surface area (Å²) >= 11 is 0. The Morgan fingerprint density at radius 1 is 0.424 bits per heavy atom. The normalized spacial score (nSPS) is 12.8. The second kappa shape index (κ2) is 55.7. The number of ether oxygens (including phenoxy) is 1. The Balaban J connectivity index is 3.51. The molecule has 66 heavy (non-hydrogen) atoms. The van der Waals surface area contributed by atoms with Crippen LogP contribution in [0.3, 0.4) is 0 Å². The van der Waals surface area contributed by atoms with E-state index in [4.69, 9.17) is 4.74 Å². The molecule has 0 heterocycles. The molecule has 388 valence electrons. The van der Waals surface area contributed by atoms with Crippen molar-refractivity contribution in [2.45, 2.75) is 321 Å². The SMILES string of the molecule is CCCCC/C=C\C/C=C\CCCCCCCC(=O)OCCCCCCCCCCCCCC(=O)NC(CO)C(O)/C=C/CCCCCCCCCCCCCCCCCCCCCCC. The van der Waals surface area contributed by atoms with Crippen LogP contribution in [0.4, 0.5) is 0 Å². The minimum atomic E-state index is -0.859. The van der Waals surface area contributed by atoms with E-state index in [9.17, 15) is 19.8 Å². The van der Waals surface area contributed by atoms with Crippen molar-refractivity contribution in [2.24, 2.45) is 0 Å². The number of nitrogens with one attached hydrogen (secondary N) is 1. The summed E-state index contributed by atoms with van der Waals surface area (Å²) in [5.74, 6) is -0.115. The highest BCUT2D eigenvalue weighted by atomic mass is 16.5. The van der Waals surface area contributed by atoms with Crippen molar-refractivity contribution in [1.29, 1.82) is 0 Å². The summed E-state index contributed by atoms with van der Waals surface area (Å²) in [6.07, 6.45) is 68.8. The number of hydrogen-bond donors (Lipinski definition) is 3. The molecule has 0 saturated heterocycles. The molecule has 0 spiro atoms. The Labute approximate surface area is 411 Å². The first-order chi connectivity index (χ1) is 32.5. The minimum absolute atomic E-state index is 0.0290. The molecule has 0 aromatic heterocycles. The molecule has 3 N–H and O–H groups in total. The van der Waals surface area contributed by atoms with Crippen molar-refractivity contribution in [3.8, 4) is 0 Å². The van der Waals surface area contributed by atoms with Gasteiger partial charge in [0.15, 0.2) is 0 Å². The average Bonchev–Trinajstić information content (AvgIpc) is 3.32. The van der Waals surface area contributed by atoms with Crippen LogP contribution < -0.4 is 5.32 Å². The second-order valence-electron chi connectivity index (χ2n) is 20.0. The van der Waals surface area contributed by atoms with Crippen molar-refractivity contribution in [3.63, 3.8) is 0 Å². The first kappa shape index (κ1) is 64.1. The summed E-state index contributed by atoms with van der Waals surface area (Å²) in [4.78, 5) is 24.5. The lowest BCUT2D eigenvalue weighted by atomic mass is 10.0. The highest BCUT2D eigenvalue weighted by Crippen LogP contribution is 2.17. The summed E-state index contributed by atoms with van der Waals surface area (Å²) in [7, 11) is 0. The summed E-state index contributed by atoms with van der Waals surface area (Å²) in [5, 5.41) is 23.2. The Hall–Kier alpha value is -1.92. The van der Waals surface area contributed by atoms with E-state index in [0.717, 1.165) is 70.6 Å². The zero-order valence-electron chi connectivity index (χ0n) is 44.2. The van der Waals surface area contributed by atoms with Gasteiger partial charge in [0.05, 0.1) is 25.4 Å². The van der Waals surface area contributed by atoms with Crippen LogP contribution in [-0.4, -0.2) is 47.4 Å². The van der Waals surface area contributed by atoms with Gasteiger partial charge in [-0.15, -0.1) is 0 Å². The highest BCUT2D eigenvalue weighted by molar-refractivity contribution is 5.76. The van der Waals surface area contributed by atoms with Gasteiger partial charge in [0.1, 0.15) is 0 Å². The van der Waals surface area contributed by atoms with Gasteiger partial charge in [0.25, 0.3) is 0 Å². The lowest BCUT2D eigenvalue weighted by molar-refractivity contribution is -0.143. The predicted molar refractivity (Wildman–Crippen MR) is 287 cm³/mol. The molecule has 6 heteroatoms. The number of allylic oxidation sites excluding steroid dienone is 5. The lowest BCUT2D eigenvalue weighted by Gasteiger charge is -2.20. The minimum Gasteiger partial charge on any atom is -0.466 e. The third-order valence-corrected chi connectivity index (χ3v) is 13.4. The van der Waals surface area contributed by atoms with Crippen molar-refractivity contribution in [1.82, 2.24) is 5.32 Å². The molecule has 6 nitrogen and oxygen atoms in total. The van der Waals surface area contributed by atoms with Crippen LogP contribution in [0.15, 0.2) is 36.5 Å². The Bertz CT molecular complexity index is 1070. The Kier molecular flexibility index (Phi) is 54.1. The van der Waals surface area contributed by atoms with Gasteiger partial charge in [-0.25, -0.2) is 0 Å². The number of aliphatic hydroxyl groups excluding tert-OH is 2. The molecule has 0 aliphatic carbocycles. The standard InChI is InChI=1S/C60H113NO5/c1-3-5-7-9-11-13-15-17-19-20-21-22-23-24-25-26-28-29-32-36-40-44-48-52-58(63)57(56-62)61-59(64)53-49-45-41-37-33-31-35-39-43-47-51-55-66-60(65)54-50-46-42-38-34-30-27-18-16-14-12-10-8-6-4-2/h12,14,18,27,48,52,57-58,62-63H,3-11,13,15-17,19-26,28-47,49-51,53-56H2,1-2H3,(H,61,64)/b14-12-,27-18-,52-48+. The van der Waals surface area contributed by atoms with Gasteiger partial charge in [0, 0.05) is 12.8 Å². The molecular weight excluding hydrogens is 815 g/mol. The van der Waals surface area contributed by atoms with Gasteiger partial charge < -0.3 is 20.3 Å². The number of unbranched alkanes of at least 4 members (excludes halogenated alkanes) is 39. The zero-order chi connectivity index (χ0) is 47.9. The quantitative estimate of drug-likeness (QED) is 0.0321. The van der Waals surface area contributed by atoms with Crippen LogP contribution in [0.1, 0.15) is 309 Å². The van der Waals surface area contributed by atoms with Crippen LogP contribution in [0, 0.1) is 0 Å². The largest absolute Gasteiger partial charge is 0.466 e. The summed E-state index contributed by atoms with van der Waals surface area (Å²) in [6.45, 7) is 4.84. The van der Waals surface area contributed by atoms with E-state index in [1.807, 2.05) is 6.08 Å². The van der Waals surface area contributed by atoms with Crippen molar-refractivity contribution in [3.05, 3.63) is 36.5 Å². The zero-order valence-corrected chi connectivity index (χ0v) is 44.2. The van der Waals surface area contributed by atoms with Gasteiger partial charge in [0.2, 0.25) is 5.91 Å². The number of esters is 1. The van der Waals surface area contributed by atoms with Gasteiger partial charge in [-0.1, -0.05) is 269 Å². The molecule has 0 aliphatic heterocycles. The molecule has 0 bridgehead atoms. The molecule has 1 amide bonds. The molecule has 2 unspecified atom stereocenters. The first-order valence-electron chi connectivity index (χ1n) is 29.3. The third kappa shape index (κ3) is 51.5. The van der Waals surface area contributed by atoms with Crippen molar-refractivity contribution in [2.75, 3.05) is 13.2 Å². The van der Waals surface area contributed by atoms with E-state index in [1.54, 1.807) is 6.08 Å². The van der Waals surface area contributed by atoms with Crippen LogP contribution in [0.5, 0.6) is 0 Å². The maximum Gasteiger partial charge on any atom is 0.305 e. The van der Waals surface area contributed by atoms with E-state index < -0.39 is 12.1 Å². The van der Waals surface area contributed by atoms with Crippen molar-refractivity contribution < 1.29 is 24.5 Å². The first-order valence-corrected chi connectivity index (χ1v) is 29.3. The van der Waals surface area contributed by atoms with Crippen molar-refractivity contribution >= 4 is 11.9 Å². The van der Waals surface area contributed by atoms with Gasteiger partial charge in [-0.05, 0) is 64.2 Å². The third-order valence-electron chi connectivity index (χ3n) is 13.4. The van der Waals surface area contributed by atoms with E-state index >= 15 is 0 Å². The van der Waals surface area contributed by atoms with Gasteiger partial charge in [-0.3, -0.25) is 9.59 Å². The molecule has 0 radical (unpaired) electrons. The van der Waals surface area contributed by atoms with Crippen LogP contribution in [0.2, 0.25) is 0 Å². The Morgan fingerprint density at radius 3 is 1.18 bits per heavy atom. The smallest absolute Gasteiger partial charge is 0.305 e. The number of carbonyl (C=O) groups is 2. The number of hydrogen-bond acceptors (Lipinski definition) is 5. The number of aliphatic hydroxyl groups is 2. The molecule has 0 aliphatic rings. The average molecular weight is 929 g/mol. The molecule has 2 atom stereocenters. The predicted octanol–water partition coefficient (Wildman–Crippen LogP) is 18.0. The maximum atomic E-state index is 12.5. The monoisotopic (exact) mass is 928 g/mol. The van der Waals surface area contributed by atoms with Crippen LogP contribution >= 0.6 is 0 Å². The van der Waals surface area contributed by atoms with E-state index in [1.165, 1.54) is 212 Å². The summed E-state index contributed by atoms with van der Waals surface area (Å²) in [5.41, 5.74) is 0. The molecule has 0 rings (SSSR count). The number of amides is 1. The van der Waals surface area contributed by atoms with E-state index in [2.05, 4.69) is 43.5 Å². The summed E-state index contributed by atoms with van der Waals surface area (Å²) < 4.78 is 5.46. The Morgan fingerprint density at radius 2 is 0.758 bits per heavy atom. The lowest BCUT2D eigenvalue weighted by Crippen LogP contribution is -2.45. The van der Waals surface area contributed by atoms with Gasteiger partial charge in [-0.2, -0.15) is 0 Å². The van der Waals surface area contributed by atoms with E-state index in [0.29, 0.717) is 19.4 Å².